The SMILES string of the molecule is CNc1ccc2c(C)ccc(Br)c2n1. The molecule has 1 N–H and O–H groups in total. The Labute approximate surface area is 91.5 Å². The van der Waals surface area contributed by atoms with Crippen LogP contribution in [-0.4, -0.2) is 12.0 Å². The monoisotopic (exact) mass is 250 g/mol. The molecule has 0 fully saturated rings. The Bertz CT molecular complexity index is 480. The van der Waals surface area contributed by atoms with Gasteiger partial charge in [-0.3, -0.25) is 0 Å². The molecule has 0 aliphatic carbocycles. The molecule has 0 radical (unpaired) electrons. The first-order valence-corrected chi connectivity index (χ1v) is 5.25. The molecule has 0 aliphatic rings. The van der Waals surface area contributed by atoms with Gasteiger partial charge in [-0.25, -0.2) is 4.98 Å². The minimum absolute atomic E-state index is 0.892. The van der Waals surface area contributed by atoms with Crippen LogP contribution in [-0.2, 0) is 0 Å². The van der Waals surface area contributed by atoms with Gasteiger partial charge in [0, 0.05) is 16.9 Å². The first kappa shape index (κ1) is 9.46. The molecular formula is C11H11BrN2. The first-order chi connectivity index (χ1) is 6.72. The van der Waals surface area contributed by atoms with Gasteiger partial charge in [-0.1, -0.05) is 6.07 Å². The maximum atomic E-state index is 4.50. The second-order valence-corrected chi connectivity index (χ2v) is 4.06. The Hall–Kier alpha value is -1.09. The maximum Gasteiger partial charge on any atom is 0.126 e. The van der Waals surface area contributed by atoms with Crippen molar-refractivity contribution in [3.8, 4) is 0 Å². The Balaban J connectivity index is 2.80. The number of hydrogen-bond acceptors (Lipinski definition) is 2. The molecule has 0 bridgehead atoms. The van der Waals surface area contributed by atoms with E-state index >= 15 is 0 Å². The van der Waals surface area contributed by atoms with Crippen molar-refractivity contribution < 1.29 is 0 Å². The van der Waals surface area contributed by atoms with Crippen molar-refractivity contribution in [1.29, 1.82) is 0 Å². The lowest BCUT2D eigenvalue weighted by molar-refractivity contribution is 1.33. The lowest BCUT2D eigenvalue weighted by Gasteiger charge is -2.05. The predicted molar refractivity (Wildman–Crippen MR) is 63.7 cm³/mol. The largest absolute Gasteiger partial charge is 0.373 e. The molecule has 0 amide bonds. The standard InChI is InChI=1S/C11H11BrN2/c1-7-3-5-9(12)11-8(7)4-6-10(13-2)14-11/h3-6H,1-2H3,(H,13,14). The zero-order valence-corrected chi connectivity index (χ0v) is 9.72. The van der Waals surface area contributed by atoms with Crippen molar-refractivity contribution in [3.63, 3.8) is 0 Å². The fourth-order valence-corrected chi connectivity index (χ4v) is 1.90. The van der Waals surface area contributed by atoms with E-state index in [1.165, 1.54) is 10.9 Å². The van der Waals surface area contributed by atoms with Gasteiger partial charge in [0.15, 0.2) is 0 Å². The van der Waals surface area contributed by atoms with Crippen LogP contribution in [0.5, 0.6) is 0 Å². The van der Waals surface area contributed by atoms with Gasteiger partial charge in [-0.15, -0.1) is 0 Å². The summed E-state index contributed by atoms with van der Waals surface area (Å²) in [4.78, 5) is 4.50. The van der Waals surface area contributed by atoms with Crippen LogP contribution in [0.15, 0.2) is 28.7 Å². The summed E-state index contributed by atoms with van der Waals surface area (Å²) in [5.74, 6) is 0.892. The summed E-state index contributed by atoms with van der Waals surface area (Å²) < 4.78 is 1.04. The third kappa shape index (κ3) is 1.48. The molecule has 0 spiro atoms. The zero-order chi connectivity index (χ0) is 10.1. The van der Waals surface area contributed by atoms with E-state index in [1.54, 1.807) is 0 Å². The molecule has 0 unspecified atom stereocenters. The van der Waals surface area contributed by atoms with Crippen LogP contribution in [0.2, 0.25) is 0 Å². The summed E-state index contributed by atoms with van der Waals surface area (Å²) in [6, 6.07) is 8.20. The average molecular weight is 251 g/mol. The number of nitrogens with zero attached hydrogens (tertiary/aromatic N) is 1. The van der Waals surface area contributed by atoms with Crippen LogP contribution >= 0.6 is 15.9 Å². The van der Waals surface area contributed by atoms with Crippen molar-refractivity contribution in [2.75, 3.05) is 12.4 Å². The second kappa shape index (κ2) is 3.58. The number of halogens is 1. The van der Waals surface area contributed by atoms with Gasteiger partial charge in [-0.05, 0) is 46.6 Å². The number of aryl methyl sites for hydroxylation is 1. The highest BCUT2D eigenvalue weighted by atomic mass is 79.9. The topological polar surface area (TPSA) is 24.9 Å². The minimum Gasteiger partial charge on any atom is -0.373 e. The first-order valence-electron chi connectivity index (χ1n) is 4.46. The molecule has 14 heavy (non-hydrogen) atoms. The number of pyridine rings is 1. The van der Waals surface area contributed by atoms with Gasteiger partial charge in [0.1, 0.15) is 5.82 Å². The molecule has 1 aromatic heterocycles. The van der Waals surface area contributed by atoms with Crippen molar-refractivity contribution in [2.45, 2.75) is 6.92 Å². The van der Waals surface area contributed by atoms with E-state index < -0.39 is 0 Å². The summed E-state index contributed by atoms with van der Waals surface area (Å²) in [6.07, 6.45) is 0. The van der Waals surface area contributed by atoms with Gasteiger partial charge in [-0.2, -0.15) is 0 Å². The average Bonchev–Trinajstić information content (AvgIpc) is 2.23. The van der Waals surface area contributed by atoms with Crippen LogP contribution in [0.25, 0.3) is 10.9 Å². The molecular weight excluding hydrogens is 240 g/mol. The third-order valence-electron chi connectivity index (χ3n) is 2.28. The molecule has 0 saturated carbocycles. The van der Waals surface area contributed by atoms with Crippen molar-refractivity contribution >= 4 is 32.7 Å². The van der Waals surface area contributed by atoms with E-state index in [-0.39, 0.29) is 0 Å². The maximum absolute atomic E-state index is 4.50. The summed E-state index contributed by atoms with van der Waals surface area (Å²) in [7, 11) is 1.87. The minimum atomic E-state index is 0.892. The molecule has 0 saturated heterocycles. The Morgan fingerprint density at radius 1 is 1.21 bits per heavy atom. The molecule has 2 rings (SSSR count). The van der Waals surface area contributed by atoms with Crippen molar-refractivity contribution in [2.24, 2.45) is 0 Å². The lowest BCUT2D eigenvalue weighted by Crippen LogP contribution is -1.93. The molecule has 1 aromatic carbocycles. The summed E-state index contributed by atoms with van der Waals surface area (Å²) in [5.41, 5.74) is 2.26. The van der Waals surface area contributed by atoms with E-state index in [0.717, 1.165) is 15.8 Å². The Kier molecular flexibility index (Phi) is 2.42. The fraction of sp³-hybridized carbons (Fsp3) is 0.182. The Morgan fingerprint density at radius 3 is 2.71 bits per heavy atom. The number of benzene rings is 1. The molecule has 1 heterocycles. The summed E-state index contributed by atoms with van der Waals surface area (Å²) >= 11 is 3.50. The second-order valence-electron chi connectivity index (χ2n) is 3.21. The summed E-state index contributed by atoms with van der Waals surface area (Å²) in [6.45, 7) is 2.09. The normalized spacial score (nSPS) is 10.5. The molecule has 2 nitrogen and oxygen atoms in total. The number of nitrogens with one attached hydrogen (secondary N) is 1. The molecule has 2 aromatic rings. The Morgan fingerprint density at radius 2 is 2.00 bits per heavy atom. The van der Waals surface area contributed by atoms with Gasteiger partial charge < -0.3 is 5.32 Å². The van der Waals surface area contributed by atoms with E-state index in [1.807, 2.05) is 19.2 Å². The highest BCUT2D eigenvalue weighted by molar-refractivity contribution is 9.10. The molecule has 72 valence electrons. The van der Waals surface area contributed by atoms with Crippen LogP contribution in [0.3, 0.4) is 0 Å². The van der Waals surface area contributed by atoms with Gasteiger partial charge >= 0.3 is 0 Å². The number of hydrogen-bond donors (Lipinski definition) is 1. The predicted octanol–water partition coefficient (Wildman–Crippen LogP) is 3.35. The van der Waals surface area contributed by atoms with Crippen LogP contribution in [0.4, 0.5) is 5.82 Å². The number of rotatable bonds is 1. The number of aromatic nitrogens is 1. The molecule has 0 aliphatic heterocycles. The van der Waals surface area contributed by atoms with Gasteiger partial charge in [0.2, 0.25) is 0 Å². The highest BCUT2D eigenvalue weighted by Gasteiger charge is 2.03. The van der Waals surface area contributed by atoms with Gasteiger partial charge in [0.25, 0.3) is 0 Å². The quantitative estimate of drug-likeness (QED) is 0.840. The highest BCUT2D eigenvalue weighted by Crippen LogP contribution is 2.26. The molecule has 0 atom stereocenters. The van der Waals surface area contributed by atoms with E-state index in [9.17, 15) is 0 Å². The fourth-order valence-electron chi connectivity index (χ4n) is 1.47. The number of anilines is 1. The van der Waals surface area contributed by atoms with Crippen LogP contribution in [0, 0.1) is 6.92 Å². The smallest absolute Gasteiger partial charge is 0.126 e. The lowest BCUT2D eigenvalue weighted by atomic mass is 10.1. The number of fused-ring (bicyclic) bond motifs is 1. The third-order valence-corrected chi connectivity index (χ3v) is 2.92. The van der Waals surface area contributed by atoms with Crippen LogP contribution < -0.4 is 5.32 Å². The summed E-state index contributed by atoms with van der Waals surface area (Å²) in [5, 5.41) is 4.23. The zero-order valence-electron chi connectivity index (χ0n) is 8.13. The van der Waals surface area contributed by atoms with Crippen molar-refractivity contribution in [3.05, 3.63) is 34.3 Å². The van der Waals surface area contributed by atoms with Gasteiger partial charge in [0.05, 0.1) is 5.52 Å². The van der Waals surface area contributed by atoms with E-state index in [2.05, 4.69) is 45.3 Å². The molecule has 3 heteroatoms. The van der Waals surface area contributed by atoms with E-state index in [4.69, 9.17) is 0 Å². The van der Waals surface area contributed by atoms with E-state index in [0.29, 0.717) is 0 Å². The van der Waals surface area contributed by atoms with Crippen LogP contribution in [0.1, 0.15) is 5.56 Å². The van der Waals surface area contributed by atoms with Crippen molar-refractivity contribution in [1.82, 2.24) is 4.98 Å².